The van der Waals surface area contributed by atoms with E-state index in [1.807, 2.05) is 10.8 Å². The second kappa shape index (κ2) is 3.14. The second-order valence-electron chi connectivity index (χ2n) is 2.62. The average molecular weight is 196 g/mol. The molecule has 0 unspecified atom stereocenters. The molecule has 2 rings (SSSR count). The Morgan fingerprint density at radius 2 is 2.54 bits per heavy atom. The van der Waals surface area contributed by atoms with E-state index in [9.17, 15) is 0 Å². The lowest BCUT2D eigenvalue weighted by Gasteiger charge is -1.94. The topological polar surface area (TPSA) is 59.6 Å². The molecular weight excluding hydrogens is 188 g/mol. The minimum Gasteiger partial charge on any atom is -0.340 e. The van der Waals surface area contributed by atoms with Crippen LogP contribution in [-0.2, 0) is 6.54 Å². The van der Waals surface area contributed by atoms with Gasteiger partial charge in [-0.15, -0.1) is 0 Å². The van der Waals surface area contributed by atoms with Crippen molar-refractivity contribution in [2.45, 2.75) is 13.5 Å². The fourth-order valence-electron chi connectivity index (χ4n) is 1.03. The first-order valence-electron chi connectivity index (χ1n) is 3.79. The minimum atomic E-state index is 0.541. The molecule has 0 radical (unpaired) electrons. The van der Waals surface area contributed by atoms with Crippen LogP contribution in [0.2, 0.25) is 0 Å². The summed E-state index contributed by atoms with van der Waals surface area (Å²) in [6.07, 6.45) is 3.61. The molecule has 0 amide bonds. The van der Waals surface area contributed by atoms with Gasteiger partial charge in [0, 0.05) is 19.3 Å². The van der Waals surface area contributed by atoms with Gasteiger partial charge in [-0.1, -0.05) is 5.16 Å². The number of H-pyrrole nitrogens is 1. The van der Waals surface area contributed by atoms with Gasteiger partial charge >= 0.3 is 0 Å². The largest absolute Gasteiger partial charge is 0.340 e. The number of rotatable bonds is 2. The van der Waals surface area contributed by atoms with Crippen LogP contribution in [0.4, 0.5) is 0 Å². The van der Waals surface area contributed by atoms with Crippen molar-refractivity contribution in [3.8, 4) is 0 Å². The van der Waals surface area contributed by atoms with E-state index in [2.05, 4.69) is 15.1 Å². The van der Waals surface area contributed by atoms with Gasteiger partial charge in [-0.05, 0) is 12.2 Å². The summed E-state index contributed by atoms with van der Waals surface area (Å²) in [5.41, 5.74) is 0. The molecule has 5 nitrogen and oxygen atoms in total. The molecule has 13 heavy (non-hydrogen) atoms. The predicted octanol–water partition coefficient (Wildman–Crippen LogP) is 1.29. The monoisotopic (exact) mass is 196 g/mol. The number of aromatic amines is 1. The Balaban J connectivity index is 2.24. The van der Waals surface area contributed by atoms with Crippen LogP contribution in [0.25, 0.3) is 0 Å². The van der Waals surface area contributed by atoms with Gasteiger partial charge in [-0.2, -0.15) is 4.98 Å². The molecule has 0 atom stereocenters. The van der Waals surface area contributed by atoms with E-state index in [-0.39, 0.29) is 0 Å². The zero-order valence-electron chi connectivity index (χ0n) is 7.02. The quantitative estimate of drug-likeness (QED) is 0.735. The molecule has 1 N–H and O–H groups in total. The standard InChI is InChI=1S/C7H8N4OS/c1-5-9-6(10-12-5)4-11-3-2-8-7(11)13/h2-3H,4H2,1H3,(H,8,13). The van der Waals surface area contributed by atoms with E-state index in [1.54, 1.807) is 13.1 Å². The molecule has 0 bridgehead atoms. The molecule has 2 heterocycles. The SMILES string of the molecule is Cc1nc(Cn2cc[nH]c2=S)no1. The third-order valence-corrected chi connectivity index (χ3v) is 1.96. The summed E-state index contributed by atoms with van der Waals surface area (Å²) < 4.78 is 7.32. The Kier molecular flexibility index (Phi) is 1.97. The van der Waals surface area contributed by atoms with Crippen LogP contribution in [0, 0.1) is 11.7 Å². The summed E-state index contributed by atoms with van der Waals surface area (Å²) >= 11 is 5.01. The van der Waals surface area contributed by atoms with Gasteiger partial charge in [0.05, 0.1) is 6.54 Å². The highest BCUT2D eigenvalue weighted by Gasteiger charge is 2.02. The lowest BCUT2D eigenvalue weighted by molar-refractivity contribution is 0.386. The van der Waals surface area contributed by atoms with Crippen molar-refractivity contribution < 1.29 is 4.52 Å². The molecule has 2 aromatic rings. The molecule has 0 aliphatic heterocycles. The van der Waals surface area contributed by atoms with Crippen molar-refractivity contribution in [3.63, 3.8) is 0 Å². The first-order valence-corrected chi connectivity index (χ1v) is 4.19. The number of aryl methyl sites for hydroxylation is 1. The maximum atomic E-state index is 5.01. The molecule has 0 saturated heterocycles. The Bertz CT molecular complexity index is 455. The van der Waals surface area contributed by atoms with Crippen molar-refractivity contribution in [1.82, 2.24) is 19.7 Å². The first kappa shape index (κ1) is 8.18. The molecule has 6 heteroatoms. The number of nitrogens with one attached hydrogen (secondary N) is 1. The molecule has 0 aliphatic rings. The highest BCUT2D eigenvalue weighted by molar-refractivity contribution is 7.71. The van der Waals surface area contributed by atoms with Crippen LogP contribution in [0.15, 0.2) is 16.9 Å². The molecule has 0 fully saturated rings. The van der Waals surface area contributed by atoms with E-state index >= 15 is 0 Å². The van der Waals surface area contributed by atoms with E-state index in [1.165, 1.54) is 0 Å². The molecule has 0 aromatic carbocycles. The smallest absolute Gasteiger partial charge is 0.223 e. The Morgan fingerprint density at radius 1 is 1.69 bits per heavy atom. The van der Waals surface area contributed by atoms with Gasteiger partial charge in [0.25, 0.3) is 0 Å². The van der Waals surface area contributed by atoms with Crippen molar-refractivity contribution >= 4 is 12.2 Å². The summed E-state index contributed by atoms with van der Waals surface area (Å²) in [5.74, 6) is 1.20. The molecule has 68 valence electrons. The van der Waals surface area contributed by atoms with Gasteiger partial charge < -0.3 is 14.1 Å². The summed E-state index contributed by atoms with van der Waals surface area (Å²) in [4.78, 5) is 6.96. The zero-order chi connectivity index (χ0) is 9.26. The van der Waals surface area contributed by atoms with Crippen LogP contribution in [0.3, 0.4) is 0 Å². The van der Waals surface area contributed by atoms with Gasteiger partial charge in [0.15, 0.2) is 10.6 Å². The molecule has 2 aromatic heterocycles. The third-order valence-electron chi connectivity index (χ3n) is 1.60. The molecular formula is C7H8N4OS. The normalized spacial score (nSPS) is 10.5. The summed E-state index contributed by atoms with van der Waals surface area (Å²) in [7, 11) is 0. The van der Waals surface area contributed by atoms with Crippen LogP contribution < -0.4 is 0 Å². The van der Waals surface area contributed by atoms with Gasteiger partial charge in [0.2, 0.25) is 5.89 Å². The average Bonchev–Trinajstić information content (AvgIpc) is 2.64. The third kappa shape index (κ3) is 1.67. The van der Waals surface area contributed by atoms with Crippen molar-refractivity contribution in [3.05, 3.63) is 28.9 Å². The van der Waals surface area contributed by atoms with Crippen molar-refractivity contribution in [2.75, 3.05) is 0 Å². The Morgan fingerprint density at radius 3 is 3.08 bits per heavy atom. The molecule has 0 aliphatic carbocycles. The van der Waals surface area contributed by atoms with E-state index in [4.69, 9.17) is 16.7 Å². The Hall–Kier alpha value is -1.43. The second-order valence-corrected chi connectivity index (χ2v) is 3.01. The summed E-state index contributed by atoms with van der Waals surface area (Å²) in [6, 6.07) is 0. The Labute approximate surface area is 79.4 Å². The maximum Gasteiger partial charge on any atom is 0.223 e. The van der Waals surface area contributed by atoms with Gasteiger partial charge in [-0.3, -0.25) is 0 Å². The number of hydrogen-bond acceptors (Lipinski definition) is 4. The van der Waals surface area contributed by atoms with E-state index in [0.717, 1.165) is 0 Å². The zero-order valence-corrected chi connectivity index (χ0v) is 7.84. The van der Waals surface area contributed by atoms with E-state index < -0.39 is 0 Å². The summed E-state index contributed by atoms with van der Waals surface area (Å²) in [6.45, 7) is 2.30. The molecule has 0 spiro atoms. The first-order chi connectivity index (χ1) is 6.25. The lowest BCUT2D eigenvalue weighted by atomic mass is 10.6. The van der Waals surface area contributed by atoms with Gasteiger partial charge in [0.1, 0.15) is 0 Å². The highest BCUT2D eigenvalue weighted by atomic mass is 32.1. The molecule has 0 saturated carbocycles. The highest BCUT2D eigenvalue weighted by Crippen LogP contribution is 1.99. The number of imidazole rings is 1. The van der Waals surface area contributed by atoms with Crippen molar-refractivity contribution in [1.29, 1.82) is 0 Å². The van der Waals surface area contributed by atoms with E-state index in [0.29, 0.717) is 23.0 Å². The maximum absolute atomic E-state index is 5.01. The number of nitrogens with zero attached hydrogens (tertiary/aromatic N) is 3. The van der Waals surface area contributed by atoms with Crippen LogP contribution in [0.1, 0.15) is 11.7 Å². The number of hydrogen-bond donors (Lipinski definition) is 1. The van der Waals surface area contributed by atoms with Crippen LogP contribution >= 0.6 is 12.2 Å². The lowest BCUT2D eigenvalue weighted by Crippen LogP contribution is -1.99. The summed E-state index contributed by atoms with van der Waals surface area (Å²) in [5, 5.41) is 3.76. The van der Waals surface area contributed by atoms with Crippen LogP contribution in [0.5, 0.6) is 0 Å². The van der Waals surface area contributed by atoms with Crippen molar-refractivity contribution in [2.24, 2.45) is 0 Å². The van der Waals surface area contributed by atoms with Crippen LogP contribution in [-0.4, -0.2) is 19.7 Å². The number of aromatic nitrogens is 4. The van der Waals surface area contributed by atoms with Gasteiger partial charge in [-0.25, -0.2) is 0 Å². The predicted molar refractivity (Wildman–Crippen MR) is 47.8 cm³/mol. The fraction of sp³-hybridized carbons (Fsp3) is 0.286. The minimum absolute atomic E-state index is 0.541. The fourth-order valence-corrected chi connectivity index (χ4v) is 1.22.